The molecule has 1 unspecified atom stereocenters. The number of hydrogen-bond acceptors (Lipinski definition) is 3. The van der Waals surface area contributed by atoms with Crippen molar-refractivity contribution in [1.29, 1.82) is 0 Å². The van der Waals surface area contributed by atoms with Crippen molar-refractivity contribution in [2.45, 2.75) is 46.2 Å². The monoisotopic (exact) mass is 377 g/mol. The van der Waals surface area contributed by atoms with Gasteiger partial charge in [0.1, 0.15) is 5.82 Å². The van der Waals surface area contributed by atoms with Crippen LogP contribution in [0.2, 0.25) is 0 Å². The molecular weight excluding hydrogens is 350 g/mol. The van der Waals surface area contributed by atoms with Crippen LogP contribution in [-0.4, -0.2) is 26.4 Å². The number of benzene rings is 2. The fourth-order valence-corrected chi connectivity index (χ4v) is 3.72. The summed E-state index contributed by atoms with van der Waals surface area (Å²) in [5.41, 5.74) is 2.19. The highest BCUT2D eigenvalue weighted by atomic mass is 16.2. The molecule has 2 aromatic carbocycles. The number of amides is 1. The number of hydrogen-bond donors (Lipinski definition) is 0. The van der Waals surface area contributed by atoms with Gasteiger partial charge >= 0.3 is 0 Å². The molecule has 0 radical (unpaired) electrons. The first-order valence-corrected chi connectivity index (χ1v) is 9.70. The van der Waals surface area contributed by atoms with E-state index in [0.29, 0.717) is 28.7 Å². The number of aromatic nitrogens is 2. The molecule has 28 heavy (non-hydrogen) atoms. The summed E-state index contributed by atoms with van der Waals surface area (Å²) in [5.74, 6) is 0.573. The van der Waals surface area contributed by atoms with E-state index >= 15 is 0 Å². The minimum atomic E-state index is -0.297. The van der Waals surface area contributed by atoms with Crippen molar-refractivity contribution in [2.24, 2.45) is 7.05 Å². The molecule has 1 aromatic heterocycles. The number of para-hydroxylation sites is 1. The van der Waals surface area contributed by atoms with Crippen molar-refractivity contribution in [3.05, 3.63) is 75.8 Å². The molecule has 1 atom stereocenters. The van der Waals surface area contributed by atoms with Crippen molar-refractivity contribution >= 4 is 16.8 Å². The number of carbonyl (C=O) groups is 1. The number of rotatable bonds is 5. The third-order valence-electron chi connectivity index (χ3n) is 5.20. The van der Waals surface area contributed by atoms with Gasteiger partial charge in [-0.2, -0.15) is 0 Å². The van der Waals surface area contributed by atoms with Crippen LogP contribution in [-0.2, 0) is 7.05 Å². The van der Waals surface area contributed by atoms with Crippen LogP contribution in [0.3, 0.4) is 0 Å². The van der Waals surface area contributed by atoms with Crippen LogP contribution >= 0.6 is 0 Å². The van der Waals surface area contributed by atoms with Gasteiger partial charge in [-0.05, 0) is 51.0 Å². The molecule has 0 aliphatic heterocycles. The molecule has 3 rings (SSSR count). The van der Waals surface area contributed by atoms with E-state index in [0.717, 1.165) is 5.56 Å². The predicted octanol–water partition coefficient (Wildman–Crippen LogP) is 4.24. The number of fused-ring (bicyclic) bond motifs is 1. The third-order valence-corrected chi connectivity index (χ3v) is 5.20. The fraction of sp³-hybridized carbons (Fsp3) is 0.348. The molecule has 5 heteroatoms. The Morgan fingerprint density at radius 1 is 1.11 bits per heavy atom. The minimum Gasteiger partial charge on any atom is -0.326 e. The van der Waals surface area contributed by atoms with Gasteiger partial charge in [0.15, 0.2) is 0 Å². The van der Waals surface area contributed by atoms with Crippen LogP contribution in [0.15, 0.2) is 53.3 Å². The molecule has 0 aliphatic carbocycles. The van der Waals surface area contributed by atoms with Crippen molar-refractivity contribution in [2.75, 3.05) is 0 Å². The second-order valence-electron chi connectivity index (χ2n) is 7.40. The molecule has 0 spiro atoms. The smallest absolute Gasteiger partial charge is 0.261 e. The summed E-state index contributed by atoms with van der Waals surface area (Å²) >= 11 is 0. The van der Waals surface area contributed by atoms with E-state index in [1.807, 2.05) is 75.1 Å². The van der Waals surface area contributed by atoms with E-state index in [1.165, 1.54) is 0 Å². The average molecular weight is 377 g/mol. The lowest BCUT2D eigenvalue weighted by Crippen LogP contribution is -2.42. The lowest BCUT2D eigenvalue weighted by molar-refractivity contribution is 0.0583. The van der Waals surface area contributed by atoms with Gasteiger partial charge in [0.2, 0.25) is 0 Å². The van der Waals surface area contributed by atoms with Crippen LogP contribution in [0.1, 0.15) is 55.0 Å². The van der Waals surface area contributed by atoms with Gasteiger partial charge in [0, 0.05) is 18.7 Å². The number of nitrogens with zero attached hydrogens (tertiary/aromatic N) is 3. The Morgan fingerprint density at radius 2 is 1.75 bits per heavy atom. The van der Waals surface area contributed by atoms with Gasteiger partial charge in [-0.3, -0.25) is 14.2 Å². The molecule has 0 N–H and O–H groups in total. The van der Waals surface area contributed by atoms with Crippen molar-refractivity contribution in [3.63, 3.8) is 0 Å². The van der Waals surface area contributed by atoms with E-state index < -0.39 is 0 Å². The van der Waals surface area contributed by atoms with E-state index in [1.54, 1.807) is 17.7 Å². The Bertz CT molecular complexity index is 1070. The summed E-state index contributed by atoms with van der Waals surface area (Å²) < 4.78 is 1.58. The molecule has 1 amide bonds. The lowest BCUT2D eigenvalue weighted by Gasteiger charge is -2.35. The van der Waals surface area contributed by atoms with E-state index in [-0.39, 0.29) is 23.6 Å². The first-order valence-electron chi connectivity index (χ1n) is 9.70. The standard InChI is InChI=1S/C23H27N3O2/c1-6-20(21-24-19-14-10-9-13-18(19)22(27)25(21)5)26(15(2)3)23(28)17-12-8-7-11-16(17)4/h7-15,20H,6H2,1-5H3. The molecule has 0 bridgehead atoms. The Hall–Kier alpha value is -2.95. The van der Waals surface area contributed by atoms with Crippen molar-refractivity contribution in [1.82, 2.24) is 14.5 Å². The molecule has 0 fully saturated rings. The maximum Gasteiger partial charge on any atom is 0.261 e. The molecule has 5 nitrogen and oxygen atoms in total. The Kier molecular flexibility index (Phi) is 5.63. The normalized spacial score (nSPS) is 12.4. The van der Waals surface area contributed by atoms with Gasteiger partial charge in [0.25, 0.3) is 11.5 Å². The Balaban J connectivity index is 2.16. The second-order valence-corrected chi connectivity index (χ2v) is 7.40. The summed E-state index contributed by atoms with van der Waals surface area (Å²) in [7, 11) is 1.73. The Morgan fingerprint density at radius 3 is 2.39 bits per heavy atom. The second kappa shape index (κ2) is 7.97. The van der Waals surface area contributed by atoms with Crippen LogP contribution in [0.25, 0.3) is 10.9 Å². The summed E-state index contributed by atoms with van der Waals surface area (Å²) in [6.45, 7) is 7.96. The number of carbonyl (C=O) groups excluding carboxylic acids is 1. The van der Waals surface area contributed by atoms with Gasteiger partial charge in [-0.25, -0.2) is 4.98 Å². The average Bonchev–Trinajstić information content (AvgIpc) is 2.68. The van der Waals surface area contributed by atoms with Crippen LogP contribution in [0.5, 0.6) is 0 Å². The molecule has 0 saturated heterocycles. The minimum absolute atomic E-state index is 0.0395. The molecule has 0 aliphatic rings. The molecule has 146 valence electrons. The van der Waals surface area contributed by atoms with E-state index in [2.05, 4.69) is 0 Å². The van der Waals surface area contributed by atoms with Gasteiger partial charge in [-0.1, -0.05) is 37.3 Å². The van der Waals surface area contributed by atoms with Gasteiger partial charge in [-0.15, -0.1) is 0 Å². The zero-order valence-corrected chi connectivity index (χ0v) is 17.1. The largest absolute Gasteiger partial charge is 0.326 e. The van der Waals surface area contributed by atoms with Crippen LogP contribution in [0.4, 0.5) is 0 Å². The highest BCUT2D eigenvalue weighted by molar-refractivity contribution is 5.96. The molecule has 3 aromatic rings. The fourth-order valence-electron chi connectivity index (χ4n) is 3.72. The lowest BCUT2D eigenvalue weighted by atomic mass is 10.0. The van der Waals surface area contributed by atoms with Crippen molar-refractivity contribution < 1.29 is 4.79 Å². The molecule has 1 heterocycles. The summed E-state index contributed by atoms with van der Waals surface area (Å²) in [6, 6.07) is 14.6. The van der Waals surface area contributed by atoms with Crippen LogP contribution < -0.4 is 5.56 Å². The topological polar surface area (TPSA) is 55.2 Å². The SMILES string of the molecule is CCC(c1nc2ccccc2c(=O)n1C)N(C(=O)c1ccccc1C)C(C)C. The van der Waals surface area contributed by atoms with Crippen LogP contribution in [0, 0.1) is 6.92 Å². The zero-order chi connectivity index (χ0) is 20.4. The maximum atomic E-state index is 13.5. The highest BCUT2D eigenvalue weighted by Gasteiger charge is 2.31. The van der Waals surface area contributed by atoms with Gasteiger partial charge < -0.3 is 4.90 Å². The molecular formula is C23H27N3O2. The summed E-state index contributed by atoms with van der Waals surface area (Å²) in [6.07, 6.45) is 0.661. The first-order chi connectivity index (χ1) is 13.4. The van der Waals surface area contributed by atoms with E-state index in [9.17, 15) is 9.59 Å². The summed E-state index contributed by atoms with van der Waals surface area (Å²) in [5, 5.41) is 0.588. The third kappa shape index (κ3) is 3.44. The molecule has 0 saturated carbocycles. The van der Waals surface area contributed by atoms with Gasteiger partial charge in [0.05, 0.1) is 16.9 Å². The predicted molar refractivity (Wildman–Crippen MR) is 113 cm³/mol. The number of aryl methyl sites for hydroxylation is 1. The first kappa shape index (κ1) is 19.8. The van der Waals surface area contributed by atoms with Crippen molar-refractivity contribution in [3.8, 4) is 0 Å². The quantitative estimate of drug-likeness (QED) is 0.668. The summed E-state index contributed by atoms with van der Waals surface area (Å²) in [4.78, 5) is 33.0. The van der Waals surface area contributed by atoms with E-state index in [4.69, 9.17) is 4.98 Å². The highest BCUT2D eigenvalue weighted by Crippen LogP contribution is 2.28. The maximum absolute atomic E-state index is 13.5. The Labute approximate surface area is 165 Å². The zero-order valence-electron chi connectivity index (χ0n) is 17.1.